The van der Waals surface area contributed by atoms with Crippen LogP contribution in [0.15, 0.2) is 0 Å². The second kappa shape index (κ2) is 7.76. The van der Waals surface area contributed by atoms with E-state index in [4.69, 9.17) is 16.7 Å². The van der Waals surface area contributed by atoms with E-state index in [0.29, 0.717) is 13.0 Å². The second-order valence-corrected chi connectivity index (χ2v) is 3.26. The van der Waals surface area contributed by atoms with Gasteiger partial charge >= 0.3 is 0 Å². The van der Waals surface area contributed by atoms with Crippen LogP contribution in [-0.4, -0.2) is 36.3 Å². The summed E-state index contributed by atoms with van der Waals surface area (Å²) in [4.78, 5) is 22.9. The van der Waals surface area contributed by atoms with Gasteiger partial charge in [0.2, 0.25) is 11.8 Å². The van der Waals surface area contributed by atoms with E-state index in [1.54, 1.807) is 4.90 Å². The molecule has 6 nitrogen and oxygen atoms in total. The van der Waals surface area contributed by atoms with Gasteiger partial charge < -0.3 is 11.5 Å². The normalized spacial score (nSPS) is 9.87. The Kier molecular flexibility index (Phi) is 6.93. The zero-order valence-electron chi connectivity index (χ0n) is 8.61. The van der Waals surface area contributed by atoms with Gasteiger partial charge in [0.15, 0.2) is 0 Å². The van der Waals surface area contributed by atoms with Gasteiger partial charge in [-0.05, 0) is 19.4 Å². The lowest BCUT2D eigenvalue weighted by Gasteiger charge is -2.18. The number of primary amides is 2. The Morgan fingerprint density at radius 3 is 2.07 bits per heavy atom. The summed E-state index contributed by atoms with van der Waals surface area (Å²) in [5.74, 6) is -0.979. The molecule has 0 aliphatic rings. The Balaban J connectivity index is 3.85. The molecule has 15 heavy (non-hydrogen) atoms. The van der Waals surface area contributed by atoms with Gasteiger partial charge in [-0.3, -0.25) is 14.5 Å². The molecular formula is C9H16N4O2. The van der Waals surface area contributed by atoms with Crippen molar-refractivity contribution in [2.45, 2.75) is 19.3 Å². The van der Waals surface area contributed by atoms with Gasteiger partial charge in [0, 0.05) is 6.42 Å². The van der Waals surface area contributed by atoms with Gasteiger partial charge in [-0.1, -0.05) is 0 Å². The molecule has 0 aromatic carbocycles. The summed E-state index contributed by atoms with van der Waals surface area (Å²) in [6.45, 7) is 0.596. The molecule has 84 valence electrons. The highest BCUT2D eigenvalue weighted by molar-refractivity contribution is 5.79. The van der Waals surface area contributed by atoms with E-state index < -0.39 is 11.8 Å². The third-order valence-electron chi connectivity index (χ3n) is 1.77. The van der Waals surface area contributed by atoms with Crippen molar-refractivity contribution in [1.29, 1.82) is 5.26 Å². The van der Waals surface area contributed by atoms with Crippen molar-refractivity contribution in [3.63, 3.8) is 0 Å². The molecule has 0 aromatic rings. The quantitative estimate of drug-likeness (QED) is 0.500. The smallest absolute Gasteiger partial charge is 0.231 e. The molecule has 0 aliphatic carbocycles. The number of unbranched alkanes of at least 4 members (excludes halogenated alkanes) is 2. The van der Waals surface area contributed by atoms with E-state index >= 15 is 0 Å². The summed E-state index contributed by atoms with van der Waals surface area (Å²) >= 11 is 0. The SMILES string of the molecule is N#CCCCCN(CC(N)=O)CC(N)=O. The van der Waals surface area contributed by atoms with Crippen molar-refractivity contribution in [1.82, 2.24) is 4.90 Å². The molecule has 0 saturated carbocycles. The van der Waals surface area contributed by atoms with Crippen LogP contribution in [0.2, 0.25) is 0 Å². The molecule has 4 N–H and O–H groups in total. The Labute approximate surface area is 88.8 Å². The van der Waals surface area contributed by atoms with Crippen LogP contribution in [0.4, 0.5) is 0 Å². The Morgan fingerprint density at radius 2 is 1.67 bits per heavy atom. The molecule has 0 heterocycles. The summed E-state index contributed by atoms with van der Waals surface area (Å²) in [5.41, 5.74) is 10.0. The van der Waals surface area contributed by atoms with Crippen LogP contribution in [0.5, 0.6) is 0 Å². The molecule has 0 unspecified atom stereocenters. The van der Waals surface area contributed by atoms with Crippen molar-refractivity contribution in [3.8, 4) is 6.07 Å². The number of hydrogen-bond donors (Lipinski definition) is 2. The van der Waals surface area contributed by atoms with E-state index in [0.717, 1.165) is 12.8 Å². The summed E-state index contributed by atoms with van der Waals surface area (Å²) in [6.07, 6.45) is 1.96. The largest absolute Gasteiger partial charge is 0.369 e. The number of carbonyl (C=O) groups excluding carboxylic acids is 2. The van der Waals surface area contributed by atoms with Gasteiger partial charge in [-0.2, -0.15) is 5.26 Å². The fourth-order valence-electron chi connectivity index (χ4n) is 1.19. The van der Waals surface area contributed by atoms with Crippen molar-refractivity contribution < 1.29 is 9.59 Å². The minimum absolute atomic E-state index is 0.0233. The average molecular weight is 212 g/mol. The number of nitrogens with two attached hydrogens (primary N) is 2. The van der Waals surface area contributed by atoms with Crippen LogP contribution in [0.3, 0.4) is 0 Å². The minimum Gasteiger partial charge on any atom is -0.369 e. The number of rotatable bonds is 8. The highest BCUT2D eigenvalue weighted by atomic mass is 16.2. The molecule has 6 heteroatoms. The van der Waals surface area contributed by atoms with E-state index in [1.807, 2.05) is 6.07 Å². The van der Waals surface area contributed by atoms with E-state index in [9.17, 15) is 9.59 Å². The van der Waals surface area contributed by atoms with E-state index in [1.165, 1.54) is 0 Å². The number of hydrogen-bond acceptors (Lipinski definition) is 4. The maximum atomic E-state index is 10.7. The van der Waals surface area contributed by atoms with Crippen LogP contribution < -0.4 is 11.5 Å². The molecule has 0 aromatic heterocycles. The van der Waals surface area contributed by atoms with Gasteiger partial charge in [0.25, 0.3) is 0 Å². The van der Waals surface area contributed by atoms with Crippen molar-refractivity contribution in [3.05, 3.63) is 0 Å². The van der Waals surface area contributed by atoms with Crippen LogP contribution in [0.1, 0.15) is 19.3 Å². The topological polar surface area (TPSA) is 113 Å². The third kappa shape index (κ3) is 8.71. The molecule has 0 rings (SSSR count). The predicted octanol–water partition coefficient (Wildman–Crippen LogP) is -1.05. The van der Waals surface area contributed by atoms with Crippen LogP contribution in [-0.2, 0) is 9.59 Å². The third-order valence-corrected chi connectivity index (χ3v) is 1.77. The highest BCUT2D eigenvalue weighted by Gasteiger charge is 2.10. The van der Waals surface area contributed by atoms with Crippen molar-refractivity contribution in [2.24, 2.45) is 11.5 Å². The molecule has 0 saturated heterocycles. The van der Waals surface area contributed by atoms with E-state index in [2.05, 4.69) is 0 Å². The lowest BCUT2D eigenvalue weighted by atomic mass is 10.2. The van der Waals surface area contributed by atoms with Gasteiger partial charge in [0.1, 0.15) is 0 Å². The summed E-state index contributed by atoms with van der Waals surface area (Å²) < 4.78 is 0. The monoisotopic (exact) mass is 212 g/mol. The Hall–Kier alpha value is -1.61. The second-order valence-electron chi connectivity index (χ2n) is 3.26. The fourth-order valence-corrected chi connectivity index (χ4v) is 1.19. The van der Waals surface area contributed by atoms with Crippen LogP contribution in [0, 0.1) is 11.3 Å². The number of nitrogens with zero attached hydrogens (tertiary/aromatic N) is 2. The van der Waals surface area contributed by atoms with Gasteiger partial charge in [-0.25, -0.2) is 0 Å². The lowest BCUT2D eigenvalue weighted by molar-refractivity contribution is -0.121. The molecule has 0 bridgehead atoms. The minimum atomic E-state index is -0.489. The van der Waals surface area contributed by atoms with Crippen LogP contribution >= 0.6 is 0 Å². The highest BCUT2D eigenvalue weighted by Crippen LogP contribution is 1.97. The number of amides is 2. The predicted molar refractivity (Wildman–Crippen MR) is 54.3 cm³/mol. The molecular weight excluding hydrogens is 196 g/mol. The van der Waals surface area contributed by atoms with Gasteiger partial charge in [0.05, 0.1) is 19.2 Å². The molecule has 2 amide bonds. The molecule has 0 radical (unpaired) electrons. The summed E-state index contributed by atoms with van der Waals surface area (Å²) in [7, 11) is 0. The lowest BCUT2D eigenvalue weighted by Crippen LogP contribution is -2.40. The summed E-state index contributed by atoms with van der Waals surface area (Å²) in [6, 6.07) is 2.02. The molecule has 0 spiro atoms. The first-order chi connectivity index (χ1) is 7.06. The Bertz CT molecular complexity index is 243. The fraction of sp³-hybridized carbons (Fsp3) is 0.667. The molecule has 0 aliphatic heterocycles. The average Bonchev–Trinajstić information content (AvgIpc) is 2.10. The zero-order valence-corrected chi connectivity index (χ0v) is 8.61. The molecule has 0 atom stereocenters. The van der Waals surface area contributed by atoms with Crippen LogP contribution in [0.25, 0.3) is 0 Å². The van der Waals surface area contributed by atoms with Crippen molar-refractivity contribution >= 4 is 11.8 Å². The standard InChI is InChI=1S/C9H16N4O2/c10-4-2-1-3-5-13(6-8(11)14)7-9(12)15/h1-3,5-7H2,(H2,11,14)(H2,12,15). The zero-order chi connectivity index (χ0) is 11.7. The summed E-state index contributed by atoms with van der Waals surface area (Å²) in [5, 5.41) is 8.31. The maximum absolute atomic E-state index is 10.7. The Morgan fingerprint density at radius 1 is 1.13 bits per heavy atom. The first kappa shape index (κ1) is 13.4. The van der Waals surface area contributed by atoms with E-state index in [-0.39, 0.29) is 13.1 Å². The first-order valence-electron chi connectivity index (χ1n) is 4.72. The van der Waals surface area contributed by atoms with Gasteiger partial charge in [-0.15, -0.1) is 0 Å². The number of nitriles is 1. The number of carbonyl (C=O) groups is 2. The maximum Gasteiger partial charge on any atom is 0.231 e. The first-order valence-corrected chi connectivity index (χ1v) is 4.72. The van der Waals surface area contributed by atoms with Crippen molar-refractivity contribution in [2.75, 3.05) is 19.6 Å². The molecule has 0 fully saturated rings.